The van der Waals surface area contributed by atoms with Crippen molar-refractivity contribution >= 4 is 12.2 Å². The van der Waals surface area contributed by atoms with Crippen molar-refractivity contribution in [2.45, 2.75) is 20.8 Å². The molecule has 0 aromatic heterocycles. The van der Waals surface area contributed by atoms with E-state index in [1.165, 1.54) is 11.1 Å². The van der Waals surface area contributed by atoms with Gasteiger partial charge in [0.25, 0.3) is 0 Å². The second-order valence-corrected chi connectivity index (χ2v) is 5.23. The lowest BCUT2D eigenvalue weighted by Crippen LogP contribution is -1.91. The molecule has 2 aromatic carbocycles. The maximum absolute atomic E-state index is 5.42. The fourth-order valence-electron chi connectivity index (χ4n) is 2.36. The highest BCUT2D eigenvalue weighted by molar-refractivity contribution is 5.71. The zero-order valence-electron chi connectivity index (χ0n) is 13.4. The maximum atomic E-state index is 5.42. The fourth-order valence-corrected chi connectivity index (χ4v) is 2.36. The number of benzene rings is 2. The molecule has 0 saturated heterocycles. The van der Waals surface area contributed by atoms with E-state index in [0.29, 0.717) is 0 Å². The third-order valence-electron chi connectivity index (χ3n) is 3.75. The van der Waals surface area contributed by atoms with E-state index in [4.69, 9.17) is 9.47 Å². The van der Waals surface area contributed by atoms with Crippen LogP contribution in [0.5, 0.6) is 11.5 Å². The first kappa shape index (κ1) is 15.2. The summed E-state index contributed by atoms with van der Waals surface area (Å²) >= 11 is 0. The summed E-state index contributed by atoms with van der Waals surface area (Å²) in [6.07, 6.45) is 4.21. The van der Waals surface area contributed by atoms with Gasteiger partial charge in [-0.1, -0.05) is 24.3 Å². The van der Waals surface area contributed by atoms with Crippen molar-refractivity contribution in [3.63, 3.8) is 0 Å². The molecule has 0 fully saturated rings. The van der Waals surface area contributed by atoms with Gasteiger partial charge in [0.2, 0.25) is 0 Å². The van der Waals surface area contributed by atoms with E-state index < -0.39 is 0 Å². The number of hydrogen-bond donors (Lipinski definition) is 0. The van der Waals surface area contributed by atoms with Crippen LogP contribution in [0.2, 0.25) is 0 Å². The molecule has 2 rings (SSSR count). The molecule has 110 valence electrons. The van der Waals surface area contributed by atoms with Crippen LogP contribution in [0.15, 0.2) is 30.3 Å². The second kappa shape index (κ2) is 6.49. The summed E-state index contributed by atoms with van der Waals surface area (Å²) in [5.74, 6) is 1.85. The van der Waals surface area contributed by atoms with E-state index in [2.05, 4.69) is 57.2 Å². The summed E-state index contributed by atoms with van der Waals surface area (Å²) in [5, 5.41) is 0. The van der Waals surface area contributed by atoms with Crippen molar-refractivity contribution in [3.8, 4) is 11.5 Å². The highest BCUT2D eigenvalue weighted by atomic mass is 16.5. The van der Waals surface area contributed by atoms with Gasteiger partial charge >= 0.3 is 0 Å². The Morgan fingerprint density at radius 1 is 0.714 bits per heavy atom. The molecule has 2 heteroatoms. The molecule has 0 aliphatic rings. The summed E-state index contributed by atoms with van der Waals surface area (Å²) in [7, 11) is 3.40. The van der Waals surface area contributed by atoms with Crippen LogP contribution in [0.3, 0.4) is 0 Å². The molecule has 0 heterocycles. The SMILES string of the molecule is COc1ccc(/C=C/c2cc(C)c(C)c(OC)c2)cc1C. The minimum Gasteiger partial charge on any atom is -0.496 e. The van der Waals surface area contributed by atoms with E-state index >= 15 is 0 Å². The lowest BCUT2D eigenvalue weighted by molar-refractivity contribution is 0.411. The zero-order chi connectivity index (χ0) is 15.4. The largest absolute Gasteiger partial charge is 0.496 e. The fraction of sp³-hybridized carbons (Fsp3) is 0.263. The maximum Gasteiger partial charge on any atom is 0.122 e. The summed E-state index contributed by atoms with van der Waals surface area (Å²) in [5.41, 5.74) is 5.86. The third-order valence-corrected chi connectivity index (χ3v) is 3.75. The van der Waals surface area contributed by atoms with Crippen LogP contribution in [0, 0.1) is 20.8 Å². The van der Waals surface area contributed by atoms with Crippen molar-refractivity contribution in [1.29, 1.82) is 0 Å². The van der Waals surface area contributed by atoms with Crippen molar-refractivity contribution in [2.75, 3.05) is 14.2 Å². The van der Waals surface area contributed by atoms with Gasteiger partial charge in [-0.25, -0.2) is 0 Å². The molecule has 0 aliphatic carbocycles. The average molecular weight is 282 g/mol. The molecule has 0 aliphatic heterocycles. The molecule has 0 bridgehead atoms. The van der Waals surface area contributed by atoms with Crippen molar-refractivity contribution in [3.05, 3.63) is 58.1 Å². The molecule has 0 radical (unpaired) electrons. The molecular formula is C19H22O2. The van der Waals surface area contributed by atoms with Gasteiger partial charge in [0.05, 0.1) is 14.2 Å². The molecule has 0 atom stereocenters. The Kier molecular flexibility index (Phi) is 4.69. The molecule has 2 aromatic rings. The molecule has 0 unspecified atom stereocenters. The quantitative estimate of drug-likeness (QED) is 0.750. The molecule has 0 spiro atoms. The van der Waals surface area contributed by atoms with Crippen LogP contribution in [0.25, 0.3) is 12.2 Å². The standard InChI is InChI=1S/C19H22O2/c1-13-10-17(12-19(21-5)15(13)3)7-6-16-8-9-18(20-4)14(2)11-16/h6-12H,1-5H3/b7-6+. The van der Waals surface area contributed by atoms with E-state index in [1.54, 1.807) is 14.2 Å². The van der Waals surface area contributed by atoms with Gasteiger partial charge in [-0.15, -0.1) is 0 Å². The Morgan fingerprint density at radius 3 is 1.95 bits per heavy atom. The molecule has 21 heavy (non-hydrogen) atoms. The topological polar surface area (TPSA) is 18.5 Å². The second-order valence-electron chi connectivity index (χ2n) is 5.23. The smallest absolute Gasteiger partial charge is 0.122 e. The van der Waals surface area contributed by atoms with Gasteiger partial charge in [-0.05, 0) is 66.8 Å². The Hall–Kier alpha value is -2.22. The monoisotopic (exact) mass is 282 g/mol. The van der Waals surface area contributed by atoms with Crippen LogP contribution in [0.1, 0.15) is 27.8 Å². The average Bonchev–Trinajstić information content (AvgIpc) is 2.48. The van der Waals surface area contributed by atoms with Gasteiger partial charge in [0, 0.05) is 0 Å². The van der Waals surface area contributed by atoms with Gasteiger partial charge in [0.1, 0.15) is 11.5 Å². The highest BCUT2D eigenvalue weighted by Gasteiger charge is 2.03. The van der Waals surface area contributed by atoms with Crippen LogP contribution < -0.4 is 9.47 Å². The highest BCUT2D eigenvalue weighted by Crippen LogP contribution is 2.25. The minimum atomic E-state index is 0.917. The van der Waals surface area contributed by atoms with Crippen molar-refractivity contribution < 1.29 is 9.47 Å². The molecule has 0 N–H and O–H groups in total. The van der Waals surface area contributed by atoms with Crippen LogP contribution in [-0.2, 0) is 0 Å². The van der Waals surface area contributed by atoms with Gasteiger partial charge in [-0.3, -0.25) is 0 Å². The first-order valence-electron chi connectivity index (χ1n) is 7.03. The minimum absolute atomic E-state index is 0.917. The van der Waals surface area contributed by atoms with Crippen LogP contribution >= 0.6 is 0 Å². The molecule has 0 amide bonds. The lowest BCUT2D eigenvalue weighted by atomic mass is 10.0. The number of aryl methyl sites for hydroxylation is 2. The van der Waals surface area contributed by atoms with Gasteiger partial charge < -0.3 is 9.47 Å². The molecular weight excluding hydrogens is 260 g/mol. The van der Waals surface area contributed by atoms with Crippen molar-refractivity contribution in [1.82, 2.24) is 0 Å². The lowest BCUT2D eigenvalue weighted by Gasteiger charge is -2.09. The van der Waals surface area contributed by atoms with Crippen molar-refractivity contribution in [2.24, 2.45) is 0 Å². The number of ether oxygens (including phenoxy) is 2. The summed E-state index contributed by atoms with van der Waals surface area (Å²) < 4.78 is 10.7. The van der Waals surface area contributed by atoms with E-state index in [0.717, 1.165) is 28.2 Å². The zero-order valence-corrected chi connectivity index (χ0v) is 13.4. The predicted molar refractivity (Wildman–Crippen MR) is 89.1 cm³/mol. The number of methoxy groups -OCH3 is 2. The summed E-state index contributed by atoms with van der Waals surface area (Å²) in [6, 6.07) is 10.4. The van der Waals surface area contributed by atoms with Crippen LogP contribution in [0.4, 0.5) is 0 Å². The van der Waals surface area contributed by atoms with Gasteiger partial charge in [0.15, 0.2) is 0 Å². The number of hydrogen-bond acceptors (Lipinski definition) is 2. The predicted octanol–water partition coefficient (Wildman–Crippen LogP) is 4.80. The van der Waals surface area contributed by atoms with Gasteiger partial charge in [-0.2, -0.15) is 0 Å². The van der Waals surface area contributed by atoms with E-state index in [1.807, 2.05) is 6.07 Å². The Bertz CT molecular complexity index is 670. The Morgan fingerprint density at radius 2 is 1.33 bits per heavy atom. The Labute approximate surface area is 127 Å². The van der Waals surface area contributed by atoms with E-state index in [9.17, 15) is 0 Å². The van der Waals surface area contributed by atoms with Crippen LogP contribution in [-0.4, -0.2) is 14.2 Å². The summed E-state index contributed by atoms with van der Waals surface area (Å²) in [6.45, 7) is 6.23. The summed E-state index contributed by atoms with van der Waals surface area (Å²) in [4.78, 5) is 0. The normalized spacial score (nSPS) is 10.9. The molecule has 2 nitrogen and oxygen atoms in total. The number of rotatable bonds is 4. The first-order chi connectivity index (χ1) is 10.0. The molecule has 0 saturated carbocycles. The third kappa shape index (κ3) is 3.46. The first-order valence-corrected chi connectivity index (χ1v) is 7.03. The van der Waals surface area contributed by atoms with E-state index in [-0.39, 0.29) is 0 Å². The Balaban J connectivity index is 2.29.